The molecule has 2 aromatic carbocycles. The van der Waals surface area contributed by atoms with E-state index in [4.69, 9.17) is 11.6 Å². The zero-order valence-corrected chi connectivity index (χ0v) is 19.7. The van der Waals surface area contributed by atoms with Crippen molar-refractivity contribution in [2.24, 2.45) is 0 Å². The van der Waals surface area contributed by atoms with Gasteiger partial charge in [-0.05, 0) is 61.3 Å². The number of hydrogen-bond acceptors (Lipinski definition) is 4. The van der Waals surface area contributed by atoms with Crippen molar-refractivity contribution in [1.29, 1.82) is 0 Å². The molecule has 34 heavy (non-hydrogen) atoms. The summed E-state index contributed by atoms with van der Waals surface area (Å²) in [6.07, 6.45) is 2.81. The molecule has 0 radical (unpaired) electrons. The fourth-order valence-electron chi connectivity index (χ4n) is 5.29. The largest absolute Gasteiger partial charge is 0.508 e. The maximum atomic E-state index is 13.7. The van der Waals surface area contributed by atoms with Gasteiger partial charge in [-0.3, -0.25) is 14.6 Å². The van der Waals surface area contributed by atoms with E-state index >= 15 is 0 Å². The van der Waals surface area contributed by atoms with E-state index in [1.54, 1.807) is 29.2 Å². The highest BCUT2D eigenvalue weighted by Crippen LogP contribution is 2.49. The summed E-state index contributed by atoms with van der Waals surface area (Å²) in [5, 5.41) is 15.0. The summed E-state index contributed by atoms with van der Waals surface area (Å²) in [6, 6.07) is 11.6. The number of aromatic nitrogens is 1. The summed E-state index contributed by atoms with van der Waals surface area (Å²) in [6.45, 7) is 7.21. The van der Waals surface area contributed by atoms with Crippen molar-refractivity contribution in [3.05, 3.63) is 77.0 Å². The van der Waals surface area contributed by atoms with E-state index in [0.717, 1.165) is 27.7 Å². The average molecular weight is 479 g/mol. The van der Waals surface area contributed by atoms with E-state index in [0.29, 0.717) is 37.5 Å². The molecule has 1 saturated heterocycles. The molecule has 5 rings (SSSR count). The first-order valence-corrected chi connectivity index (χ1v) is 11.8. The third-order valence-corrected chi connectivity index (χ3v) is 7.07. The lowest BCUT2D eigenvalue weighted by Gasteiger charge is -2.42. The summed E-state index contributed by atoms with van der Waals surface area (Å²) in [5.41, 5.74) is 2.40. The summed E-state index contributed by atoms with van der Waals surface area (Å²) in [4.78, 5) is 34.0. The van der Waals surface area contributed by atoms with Crippen LogP contribution in [0.15, 0.2) is 55.1 Å². The fraction of sp³-hybridized carbons (Fsp3) is 0.308. The summed E-state index contributed by atoms with van der Waals surface area (Å²) >= 11 is 6.31. The molecule has 0 saturated carbocycles. The molecule has 2 aliphatic heterocycles. The molecule has 3 amide bonds. The molecule has 1 aromatic heterocycles. The third kappa shape index (κ3) is 3.47. The van der Waals surface area contributed by atoms with Crippen molar-refractivity contribution in [1.82, 2.24) is 20.1 Å². The number of aromatic amines is 1. The first-order chi connectivity index (χ1) is 16.3. The molecule has 3 heterocycles. The number of aromatic hydroxyl groups is 1. The molecule has 2 atom stereocenters. The van der Waals surface area contributed by atoms with Gasteiger partial charge in [0.1, 0.15) is 17.3 Å². The topological polar surface area (TPSA) is 88.7 Å². The van der Waals surface area contributed by atoms with Gasteiger partial charge in [0.2, 0.25) is 0 Å². The van der Waals surface area contributed by atoms with E-state index in [9.17, 15) is 14.7 Å². The van der Waals surface area contributed by atoms with Gasteiger partial charge in [-0.2, -0.15) is 0 Å². The molecule has 1 fully saturated rings. The first-order valence-electron chi connectivity index (χ1n) is 11.4. The maximum Gasteiger partial charge on any atom is 0.328 e. The number of rotatable bonds is 7. The molecule has 0 spiro atoms. The molecular weight excluding hydrogens is 452 g/mol. The van der Waals surface area contributed by atoms with Crippen molar-refractivity contribution >= 4 is 34.4 Å². The zero-order chi connectivity index (χ0) is 24.0. The van der Waals surface area contributed by atoms with Crippen molar-refractivity contribution in [2.75, 3.05) is 19.6 Å². The van der Waals surface area contributed by atoms with Crippen LogP contribution in [0.2, 0.25) is 5.02 Å². The molecule has 0 bridgehead atoms. The van der Waals surface area contributed by atoms with Crippen LogP contribution in [-0.2, 0) is 11.2 Å². The van der Waals surface area contributed by atoms with E-state index in [2.05, 4.69) is 16.9 Å². The number of benzene rings is 2. The molecule has 3 N–H and O–H groups in total. The van der Waals surface area contributed by atoms with Gasteiger partial charge in [0.25, 0.3) is 5.91 Å². The van der Waals surface area contributed by atoms with Crippen molar-refractivity contribution in [3.63, 3.8) is 0 Å². The number of H-pyrrole nitrogens is 1. The van der Waals surface area contributed by atoms with Crippen LogP contribution in [0.1, 0.15) is 36.2 Å². The monoisotopic (exact) mass is 478 g/mol. The highest BCUT2D eigenvalue weighted by Gasteiger charge is 2.60. The Balaban J connectivity index is 1.60. The van der Waals surface area contributed by atoms with Gasteiger partial charge < -0.3 is 15.4 Å². The Morgan fingerprint density at radius 1 is 1.29 bits per heavy atom. The quantitative estimate of drug-likeness (QED) is 0.267. The number of phenols is 1. The number of imide groups is 1. The van der Waals surface area contributed by atoms with Gasteiger partial charge in [0, 0.05) is 41.1 Å². The number of halogens is 1. The number of hydrogen-bond donors (Lipinski definition) is 3. The van der Waals surface area contributed by atoms with Crippen LogP contribution in [0.3, 0.4) is 0 Å². The highest BCUT2D eigenvalue weighted by molar-refractivity contribution is 6.31. The molecule has 8 heteroatoms. The van der Waals surface area contributed by atoms with Crippen LogP contribution in [0, 0.1) is 0 Å². The number of phenolic OH excluding ortho intramolecular Hbond substituents is 1. The van der Waals surface area contributed by atoms with Crippen LogP contribution in [0.4, 0.5) is 4.79 Å². The Kier molecular flexibility index (Phi) is 5.62. The zero-order valence-electron chi connectivity index (χ0n) is 19.0. The standard InChI is InChI=1S/C26H27ClN4O3/c1-3-10-28-11-5-12-30-24(33)26(2)15-20-19-14-17(27)8-9-21(19)29-22(20)23(31(26)25(30)34)16-6-4-7-18(32)13-16/h3-4,6-9,13-14,23,28-29,32H,1,5,10-12,15H2,2H3. The second kappa shape index (κ2) is 8.49. The highest BCUT2D eigenvalue weighted by atomic mass is 35.5. The van der Waals surface area contributed by atoms with Crippen LogP contribution in [0.5, 0.6) is 5.75 Å². The SMILES string of the molecule is C=CCNCCCN1C(=O)N2C(c3cccc(O)c3)c3[nH]c4ccc(Cl)cc4c3CC2(C)C1=O. The van der Waals surface area contributed by atoms with Crippen LogP contribution in [0.25, 0.3) is 10.9 Å². The Morgan fingerprint density at radius 2 is 2.12 bits per heavy atom. The van der Waals surface area contributed by atoms with Gasteiger partial charge >= 0.3 is 6.03 Å². The smallest absolute Gasteiger partial charge is 0.328 e. The van der Waals surface area contributed by atoms with Crippen molar-refractivity contribution in [2.45, 2.75) is 31.3 Å². The fourth-order valence-corrected chi connectivity index (χ4v) is 5.46. The second-order valence-corrected chi connectivity index (χ2v) is 9.55. The Bertz CT molecular complexity index is 1300. The summed E-state index contributed by atoms with van der Waals surface area (Å²) in [7, 11) is 0. The normalized spacial score (nSPS) is 21.8. The predicted octanol–water partition coefficient (Wildman–Crippen LogP) is 4.36. The van der Waals surface area contributed by atoms with Crippen LogP contribution >= 0.6 is 11.6 Å². The minimum atomic E-state index is -1.05. The van der Waals surface area contributed by atoms with E-state index in [1.807, 2.05) is 31.2 Å². The van der Waals surface area contributed by atoms with Gasteiger partial charge in [0.15, 0.2) is 0 Å². The minimum absolute atomic E-state index is 0.105. The molecule has 7 nitrogen and oxygen atoms in total. The number of nitrogens with one attached hydrogen (secondary N) is 2. The number of carbonyl (C=O) groups is 2. The Hall–Kier alpha value is -3.29. The number of urea groups is 1. The lowest BCUT2D eigenvalue weighted by molar-refractivity contribution is -0.133. The van der Waals surface area contributed by atoms with Crippen LogP contribution in [-0.4, -0.2) is 57.0 Å². The number of fused-ring (bicyclic) bond motifs is 4. The lowest BCUT2D eigenvalue weighted by Crippen LogP contribution is -2.53. The summed E-state index contributed by atoms with van der Waals surface area (Å²) in [5.74, 6) is -0.0954. The van der Waals surface area contributed by atoms with Gasteiger partial charge in [-0.1, -0.05) is 29.8 Å². The van der Waals surface area contributed by atoms with E-state index in [-0.39, 0.29) is 17.7 Å². The molecule has 176 valence electrons. The van der Waals surface area contributed by atoms with Gasteiger partial charge in [-0.15, -0.1) is 6.58 Å². The third-order valence-electron chi connectivity index (χ3n) is 6.84. The van der Waals surface area contributed by atoms with Crippen molar-refractivity contribution < 1.29 is 14.7 Å². The first kappa shape index (κ1) is 22.5. The molecular formula is C26H27ClN4O3. The molecule has 2 aliphatic rings. The summed E-state index contributed by atoms with van der Waals surface area (Å²) < 4.78 is 0. The Morgan fingerprint density at radius 3 is 2.88 bits per heavy atom. The molecule has 0 aliphatic carbocycles. The number of amides is 3. The Labute approximate surface area is 203 Å². The lowest BCUT2D eigenvalue weighted by atomic mass is 9.81. The maximum absolute atomic E-state index is 13.7. The average Bonchev–Trinajstić information content (AvgIpc) is 3.24. The van der Waals surface area contributed by atoms with Crippen LogP contribution < -0.4 is 5.32 Å². The van der Waals surface area contributed by atoms with E-state index < -0.39 is 11.6 Å². The number of nitrogens with zero attached hydrogens (tertiary/aromatic N) is 2. The predicted molar refractivity (Wildman–Crippen MR) is 132 cm³/mol. The molecule has 2 unspecified atom stereocenters. The minimum Gasteiger partial charge on any atom is -0.508 e. The van der Waals surface area contributed by atoms with E-state index in [1.165, 1.54) is 4.90 Å². The van der Waals surface area contributed by atoms with Gasteiger partial charge in [-0.25, -0.2) is 4.79 Å². The van der Waals surface area contributed by atoms with Gasteiger partial charge in [0.05, 0.1) is 0 Å². The molecule has 3 aromatic rings. The second-order valence-electron chi connectivity index (χ2n) is 9.11. The number of carbonyl (C=O) groups excluding carboxylic acids is 2. The van der Waals surface area contributed by atoms with Crippen molar-refractivity contribution in [3.8, 4) is 5.75 Å².